The largest absolute Gasteiger partial charge is 0.403 e. The number of rotatable bonds is 2. The van der Waals surface area contributed by atoms with E-state index >= 15 is 0 Å². The van der Waals surface area contributed by atoms with Crippen molar-refractivity contribution < 1.29 is 21.6 Å². The Morgan fingerprint density at radius 1 is 1.31 bits per heavy atom. The number of alkyl halides is 3. The van der Waals surface area contributed by atoms with Crippen LogP contribution in [-0.2, 0) is 9.84 Å². The minimum atomic E-state index is -4.81. The maximum absolute atomic E-state index is 12.0. The second-order valence-corrected chi connectivity index (χ2v) is 5.43. The predicted molar refractivity (Wildman–Crippen MR) is 54.0 cm³/mol. The average molecular weight is 274 g/mol. The second kappa shape index (κ2) is 4.14. The summed E-state index contributed by atoms with van der Waals surface area (Å²) in [5, 5.41) is -0.279. The summed E-state index contributed by atoms with van der Waals surface area (Å²) in [6.07, 6.45) is -4.81. The van der Waals surface area contributed by atoms with Gasteiger partial charge in [-0.05, 0) is 18.2 Å². The van der Waals surface area contributed by atoms with Crippen LogP contribution in [0.2, 0.25) is 5.02 Å². The molecular weight excluding hydrogens is 267 g/mol. The third-order valence-electron chi connectivity index (χ3n) is 1.64. The Labute approximate surface area is 94.9 Å². The first kappa shape index (κ1) is 13.1. The Hall–Kier alpha value is -0.950. The molecule has 0 bridgehead atoms. The molecule has 0 saturated heterocycles. The summed E-state index contributed by atoms with van der Waals surface area (Å²) in [4.78, 5) is -0.605. The van der Waals surface area contributed by atoms with E-state index < -0.39 is 26.7 Å². The summed E-state index contributed by atoms with van der Waals surface area (Å²) in [6.45, 7) is 0. The molecule has 1 aromatic rings. The molecule has 0 heterocycles. The smallest absolute Gasteiger partial charge is 0.399 e. The molecule has 0 radical (unpaired) electrons. The van der Waals surface area contributed by atoms with Gasteiger partial charge in [0.25, 0.3) is 0 Å². The normalized spacial score (nSPS) is 12.8. The van der Waals surface area contributed by atoms with Crippen molar-refractivity contribution in [3.63, 3.8) is 0 Å². The molecule has 2 N–H and O–H groups in total. The molecule has 90 valence electrons. The third kappa shape index (κ3) is 3.28. The van der Waals surface area contributed by atoms with Crippen molar-refractivity contribution in [3.8, 4) is 0 Å². The number of hydrogen-bond acceptors (Lipinski definition) is 3. The van der Waals surface area contributed by atoms with Crippen molar-refractivity contribution in [3.05, 3.63) is 23.2 Å². The van der Waals surface area contributed by atoms with E-state index in [1.165, 1.54) is 6.07 Å². The molecule has 0 aliphatic heterocycles. The molecule has 3 nitrogen and oxygen atoms in total. The van der Waals surface area contributed by atoms with Crippen molar-refractivity contribution in [2.75, 3.05) is 11.5 Å². The van der Waals surface area contributed by atoms with Gasteiger partial charge in [-0.25, -0.2) is 8.42 Å². The first-order valence-corrected chi connectivity index (χ1v) is 5.99. The molecule has 0 fully saturated rings. The SMILES string of the molecule is Nc1ccc(Cl)c(S(=O)(=O)CC(F)(F)F)c1. The van der Waals surface area contributed by atoms with E-state index in [9.17, 15) is 21.6 Å². The molecule has 0 aromatic heterocycles. The number of nitrogen functional groups attached to an aromatic ring is 1. The number of nitrogens with two attached hydrogens (primary N) is 1. The van der Waals surface area contributed by atoms with E-state index in [0.717, 1.165) is 12.1 Å². The molecule has 16 heavy (non-hydrogen) atoms. The summed E-state index contributed by atoms with van der Waals surface area (Å²) in [5.41, 5.74) is 5.32. The molecule has 0 saturated carbocycles. The number of anilines is 1. The van der Waals surface area contributed by atoms with Gasteiger partial charge in [-0.15, -0.1) is 0 Å². The van der Waals surface area contributed by atoms with E-state index in [2.05, 4.69) is 0 Å². The molecule has 0 unspecified atom stereocenters. The highest BCUT2D eigenvalue weighted by Gasteiger charge is 2.36. The van der Waals surface area contributed by atoms with Crippen molar-refractivity contribution >= 4 is 27.1 Å². The fraction of sp³-hybridized carbons (Fsp3) is 0.250. The molecule has 0 aliphatic rings. The lowest BCUT2D eigenvalue weighted by Gasteiger charge is -2.09. The van der Waals surface area contributed by atoms with Gasteiger partial charge in [0.2, 0.25) is 0 Å². The van der Waals surface area contributed by atoms with Gasteiger partial charge in [0.1, 0.15) is 0 Å². The van der Waals surface area contributed by atoms with Crippen LogP contribution in [0.15, 0.2) is 23.1 Å². The molecule has 0 aliphatic carbocycles. The average Bonchev–Trinajstić information content (AvgIpc) is 2.04. The van der Waals surface area contributed by atoms with Crippen molar-refractivity contribution in [2.45, 2.75) is 11.1 Å². The van der Waals surface area contributed by atoms with Gasteiger partial charge in [0.15, 0.2) is 15.6 Å². The van der Waals surface area contributed by atoms with Gasteiger partial charge >= 0.3 is 6.18 Å². The van der Waals surface area contributed by atoms with Gasteiger partial charge in [0.05, 0.1) is 9.92 Å². The standard InChI is InChI=1S/C8H7ClF3NO2S/c9-6-2-1-5(13)3-7(6)16(14,15)4-8(10,11)12/h1-3H,4,13H2. The van der Waals surface area contributed by atoms with Crippen molar-refractivity contribution in [2.24, 2.45) is 0 Å². The Kier molecular flexibility index (Phi) is 3.39. The molecule has 0 atom stereocenters. The highest BCUT2D eigenvalue weighted by Crippen LogP contribution is 2.28. The summed E-state index contributed by atoms with van der Waals surface area (Å²) < 4.78 is 58.8. The summed E-state index contributed by atoms with van der Waals surface area (Å²) in [7, 11) is -4.51. The first-order chi connectivity index (χ1) is 7.12. The number of sulfone groups is 1. The Bertz CT molecular complexity index is 498. The highest BCUT2D eigenvalue weighted by atomic mass is 35.5. The molecule has 1 aromatic carbocycles. The fourth-order valence-corrected chi connectivity index (χ4v) is 2.79. The number of halogens is 4. The zero-order chi connectivity index (χ0) is 12.6. The monoisotopic (exact) mass is 273 g/mol. The van der Waals surface area contributed by atoms with E-state index in [1.54, 1.807) is 0 Å². The van der Waals surface area contributed by atoms with Crippen LogP contribution in [0.25, 0.3) is 0 Å². The van der Waals surface area contributed by atoms with E-state index in [4.69, 9.17) is 17.3 Å². The predicted octanol–water partition coefficient (Wildman–Crippen LogP) is 2.26. The van der Waals surface area contributed by atoms with Gasteiger partial charge in [0, 0.05) is 5.69 Å². The molecule has 0 amide bonds. The quantitative estimate of drug-likeness (QED) is 0.841. The van der Waals surface area contributed by atoms with Crippen LogP contribution in [-0.4, -0.2) is 20.3 Å². The second-order valence-electron chi connectivity index (χ2n) is 3.06. The lowest BCUT2D eigenvalue weighted by atomic mass is 10.3. The maximum atomic E-state index is 12.0. The highest BCUT2D eigenvalue weighted by molar-refractivity contribution is 7.91. The summed E-state index contributed by atoms with van der Waals surface area (Å²) >= 11 is 5.51. The molecule has 8 heteroatoms. The van der Waals surface area contributed by atoms with Gasteiger partial charge < -0.3 is 5.73 Å². The topological polar surface area (TPSA) is 60.2 Å². The van der Waals surface area contributed by atoms with Crippen LogP contribution in [0.4, 0.5) is 18.9 Å². The van der Waals surface area contributed by atoms with Crippen molar-refractivity contribution in [1.82, 2.24) is 0 Å². The minimum Gasteiger partial charge on any atom is -0.399 e. The maximum Gasteiger partial charge on any atom is 0.403 e. The van der Waals surface area contributed by atoms with Crippen LogP contribution >= 0.6 is 11.6 Å². The lowest BCUT2D eigenvalue weighted by molar-refractivity contribution is -0.106. The van der Waals surface area contributed by atoms with Crippen LogP contribution < -0.4 is 5.73 Å². The van der Waals surface area contributed by atoms with E-state index in [-0.39, 0.29) is 10.7 Å². The summed E-state index contributed by atoms with van der Waals surface area (Å²) in [6, 6.07) is 3.35. The Morgan fingerprint density at radius 2 is 1.88 bits per heavy atom. The Morgan fingerprint density at radius 3 is 2.38 bits per heavy atom. The number of hydrogen-bond donors (Lipinski definition) is 1. The van der Waals surface area contributed by atoms with E-state index in [0.29, 0.717) is 0 Å². The zero-order valence-electron chi connectivity index (χ0n) is 7.75. The molecule has 1 rings (SSSR count). The fourth-order valence-electron chi connectivity index (χ4n) is 1.05. The van der Waals surface area contributed by atoms with Crippen LogP contribution in [0.1, 0.15) is 0 Å². The van der Waals surface area contributed by atoms with Gasteiger partial charge in [-0.2, -0.15) is 13.2 Å². The van der Waals surface area contributed by atoms with Gasteiger partial charge in [-0.3, -0.25) is 0 Å². The lowest BCUT2D eigenvalue weighted by Crippen LogP contribution is -2.23. The van der Waals surface area contributed by atoms with E-state index in [1.807, 2.05) is 0 Å². The third-order valence-corrected chi connectivity index (χ3v) is 3.80. The van der Waals surface area contributed by atoms with Crippen LogP contribution in [0, 0.1) is 0 Å². The van der Waals surface area contributed by atoms with Crippen LogP contribution in [0.5, 0.6) is 0 Å². The first-order valence-electron chi connectivity index (χ1n) is 3.96. The molecule has 0 spiro atoms. The van der Waals surface area contributed by atoms with Crippen molar-refractivity contribution in [1.29, 1.82) is 0 Å². The van der Waals surface area contributed by atoms with Crippen LogP contribution in [0.3, 0.4) is 0 Å². The molecular formula is C8H7ClF3NO2S. The minimum absolute atomic E-state index is 0.0325. The summed E-state index contributed by atoms with van der Waals surface area (Å²) in [5.74, 6) is -1.96. The van der Waals surface area contributed by atoms with Gasteiger partial charge in [-0.1, -0.05) is 11.6 Å². The number of benzene rings is 1. The Balaban J connectivity index is 3.22. The zero-order valence-corrected chi connectivity index (χ0v) is 9.33.